The molecule has 18 nitrogen and oxygen atoms in total. The minimum absolute atomic E-state index is 0.00530. The number of carboxylic acids is 2. The molecule has 3 amide bonds. The largest absolute Gasteiger partial charge is 0.479 e. The third kappa shape index (κ3) is 8.63. The van der Waals surface area contributed by atoms with Gasteiger partial charge < -0.3 is 30.2 Å². The lowest BCUT2D eigenvalue weighted by Gasteiger charge is -2.44. The number of halogens is 1. The zero-order chi connectivity index (χ0) is 48.5. The van der Waals surface area contributed by atoms with E-state index in [-0.39, 0.29) is 64.6 Å². The molecule has 4 aliphatic rings. The van der Waals surface area contributed by atoms with Crippen molar-refractivity contribution in [2.24, 2.45) is 0 Å². The van der Waals surface area contributed by atoms with Crippen LogP contribution in [0.5, 0.6) is 5.75 Å². The number of rotatable bonds is 13. The number of nitrogens with one attached hydrogen (secondary N) is 3. The van der Waals surface area contributed by atoms with Gasteiger partial charge in [0.15, 0.2) is 22.9 Å². The molecule has 3 saturated heterocycles. The van der Waals surface area contributed by atoms with E-state index in [1.165, 1.54) is 0 Å². The molecule has 10 rings (SSSR count). The Morgan fingerprint density at radius 1 is 1.00 bits per heavy atom. The molecule has 6 aromatic rings. The molecule has 7 heterocycles. The number of nitrogens with zero attached hydrogens (tertiary/aromatic N) is 5. The number of carboxylic acid groups (broad SMARTS) is 2. The number of anilines is 3. The Labute approximate surface area is 404 Å². The zero-order valence-electron chi connectivity index (χ0n) is 37.5. The van der Waals surface area contributed by atoms with Crippen LogP contribution in [-0.4, -0.2) is 111 Å². The fraction of sp³-hybridized carbons (Fsp3) is 0.354. The van der Waals surface area contributed by atoms with Crippen LogP contribution in [0.3, 0.4) is 0 Å². The predicted molar refractivity (Wildman–Crippen MR) is 260 cm³/mol. The molecular formula is C48H47ClN8O10S2. The second-order valence-corrected chi connectivity index (χ2v) is 21.8. The Kier molecular flexibility index (Phi) is 11.9. The average molecular weight is 996 g/mol. The van der Waals surface area contributed by atoms with Gasteiger partial charge in [-0.15, -0.1) is 11.3 Å². The number of fused-ring (bicyclic) bond motifs is 1. The Bertz CT molecular complexity index is 3240. The summed E-state index contributed by atoms with van der Waals surface area (Å²) in [7, 11) is -3.80. The molecule has 3 aromatic heterocycles. The van der Waals surface area contributed by atoms with Crippen LogP contribution in [0, 0.1) is 0 Å². The first-order valence-corrected chi connectivity index (χ1v) is 25.4. The molecule has 0 radical (unpaired) electrons. The number of ether oxygens (including phenoxy) is 1. The standard InChI is InChI=1S/C48H47ClN8O10S2/c1-48(2)21-29(51-28-6-3-5-27(20-28)41-39(49)40(67-23-37(59)60)42(68-41)46(63)64)15-18-56(48)69(65,66)24-25-19-33-43(50-22-25)54-47(52-33)55-16-13-26(14-17-55)30-9-10-34-38-31(30)7-4-8-32(38)45(62)57(34)35-11-12-36(58)53-44(35)61/h3-10,19-20,22,26,29,35,51H,11-18,21,23-24H2,1-2H3,(H,59,60)(H,63,64)(H,50,52,54)(H,53,58,61). The molecule has 2 unspecified atom stereocenters. The van der Waals surface area contributed by atoms with Gasteiger partial charge in [-0.05, 0) is 104 Å². The van der Waals surface area contributed by atoms with E-state index in [9.17, 15) is 37.5 Å². The van der Waals surface area contributed by atoms with Crippen LogP contribution < -0.4 is 25.2 Å². The highest BCUT2D eigenvalue weighted by atomic mass is 35.5. The summed E-state index contributed by atoms with van der Waals surface area (Å²) in [4.78, 5) is 78.0. The number of pyridine rings is 1. The number of aromatic nitrogens is 3. The zero-order valence-corrected chi connectivity index (χ0v) is 39.8. The first-order chi connectivity index (χ1) is 33.0. The van der Waals surface area contributed by atoms with Crippen LogP contribution in [0.25, 0.3) is 32.4 Å². The van der Waals surface area contributed by atoms with Crippen LogP contribution in [0.1, 0.15) is 89.4 Å². The Morgan fingerprint density at radius 3 is 2.52 bits per heavy atom. The predicted octanol–water partition coefficient (Wildman–Crippen LogP) is 6.99. The lowest BCUT2D eigenvalue weighted by molar-refractivity contribution is -0.139. The van der Waals surface area contributed by atoms with E-state index in [1.54, 1.807) is 39.7 Å². The molecule has 69 heavy (non-hydrogen) atoms. The van der Waals surface area contributed by atoms with Crippen molar-refractivity contribution in [1.29, 1.82) is 0 Å². The van der Waals surface area contributed by atoms with Gasteiger partial charge in [-0.3, -0.25) is 24.6 Å². The van der Waals surface area contributed by atoms with Crippen molar-refractivity contribution in [3.8, 4) is 16.2 Å². The van der Waals surface area contributed by atoms with Crippen molar-refractivity contribution in [3.05, 3.63) is 93.5 Å². The van der Waals surface area contributed by atoms with Gasteiger partial charge in [-0.2, -0.15) is 9.29 Å². The molecule has 3 fully saturated rings. The average Bonchev–Trinajstić information content (AvgIpc) is 3.97. The molecule has 358 valence electrons. The van der Waals surface area contributed by atoms with Gasteiger partial charge in [0.25, 0.3) is 5.91 Å². The quantitative estimate of drug-likeness (QED) is 0.0733. The number of imidazole rings is 1. The highest BCUT2D eigenvalue weighted by Gasteiger charge is 2.43. The number of aromatic carboxylic acids is 1. The topological polar surface area (TPSA) is 245 Å². The smallest absolute Gasteiger partial charge is 0.349 e. The van der Waals surface area contributed by atoms with Crippen molar-refractivity contribution < 1.29 is 47.3 Å². The molecule has 0 spiro atoms. The van der Waals surface area contributed by atoms with Gasteiger partial charge in [0.1, 0.15) is 11.1 Å². The number of amides is 3. The summed E-state index contributed by atoms with van der Waals surface area (Å²) in [6.07, 6.45) is 4.67. The maximum atomic E-state index is 14.1. The Hall–Kier alpha value is -6.61. The number of benzene rings is 3. The molecule has 3 aromatic carbocycles. The normalized spacial score (nSPS) is 19.9. The fourth-order valence-corrected chi connectivity index (χ4v) is 13.8. The summed E-state index contributed by atoms with van der Waals surface area (Å²) in [5.41, 5.74) is 4.61. The minimum Gasteiger partial charge on any atom is -0.479 e. The van der Waals surface area contributed by atoms with E-state index in [1.807, 2.05) is 44.2 Å². The molecule has 2 atom stereocenters. The first kappa shape index (κ1) is 46.1. The number of hydrogen-bond donors (Lipinski definition) is 5. The number of piperidine rings is 3. The van der Waals surface area contributed by atoms with Crippen LogP contribution >= 0.6 is 22.9 Å². The molecule has 0 saturated carbocycles. The van der Waals surface area contributed by atoms with E-state index in [0.717, 1.165) is 46.2 Å². The minimum atomic E-state index is -3.80. The molecule has 5 N–H and O–H groups in total. The third-order valence-corrected chi connectivity index (χ3v) is 17.3. The number of aromatic amines is 1. The van der Waals surface area contributed by atoms with E-state index < -0.39 is 46.1 Å². The summed E-state index contributed by atoms with van der Waals surface area (Å²) < 4.78 is 35.0. The SMILES string of the molecule is CC1(C)CC(Nc2cccc(-c3sc(C(=O)O)c(OCC(=O)O)c3Cl)c2)CCN1S(=O)(=O)Cc1cnc2nc(N3CCC(c4ccc5c6c(cccc46)C(=O)N5C4CCC(=O)NC4=O)CC3)[nH]c2c1. The van der Waals surface area contributed by atoms with E-state index in [4.69, 9.17) is 26.4 Å². The molecule has 0 aliphatic carbocycles. The number of sulfonamides is 1. The maximum absolute atomic E-state index is 14.1. The van der Waals surface area contributed by atoms with Crippen molar-refractivity contribution in [1.82, 2.24) is 24.6 Å². The van der Waals surface area contributed by atoms with Gasteiger partial charge in [0, 0.05) is 60.5 Å². The van der Waals surface area contributed by atoms with Crippen molar-refractivity contribution in [3.63, 3.8) is 0 Å². The Morgan fingerprint density at radius 2 is 1.78 bits per heavy atom. The summed E-state index contributed by atoms with van der Waals surface area (Å²) in [5, 5.41) is 26.5. The lowest BCUT2D eigenvalue weighted by Crippen LogP contribution is -2.55. The van der Waals surface area contributed by atoms with E-state index in [0.29, 0.717) is 70.3 Å². The van der Waals surface area contributed by atoms with Crippen molar-refractivity contribution >= 4 is 102 Å². The van der Waals surface area contributed by atoms with Crippen molar-refractivity contribution in [2.45, 2.75) is 81.7 Å². The number of hydrogen-bond acceptors (Lipinski definition) is 13. The number of carbonyl (C=O) groups is 5. The number of imide groups is 1. The second-order valence-electron chi connectivity index (χ2n) is 18.5. The van der Waals surface area contributed by atoms with E-state index >= 15 is 0 Å². The van der Waals surface area contributed by atoms with Crippen LogP contribution in [0.4, 0.5) is 17.3 Å². The summed E-state index contributed by atoms with van der Waals surface area (Å²) >= 11 is 7.42. The summed E-state index contributed by atoms with van der Waals surface area (Å²) in [5.74, 6) is -3.17. The van der Waals surface area contributed by atoms with E-state index in [2.05, 4.69) is 31.6 Å². The third-order valence-electron chi connectivity index (χ3n) is 13.5. The highest BCUT2D eigenvalue weighted by molar-refractivity contribution is 7.88. The number of aliphatic carboxylic acids is 1. The van der Waals surface area contributed by atoms with Crippen LogP contribution in [-0.2, 0) is 30.2 Å². The van der Waals surface area contributed by atoms with Gasteiger partial charge in [0.05, 0.1) is 21.8 Å². The molecular weight excluding hydrogens is 948 g/mol. The van der Waals surface area contributed by atoms with Gasteiger partial charge in [-0.1, -0.05) is 41.9 Å². The van der Waals surface area contributed by atoms with Crippen LogP contribution in [0.15, 0.2) is 66.9 Å². The van der Waals surface area contributed by atoms with Crippen molar-refractivity contribution in [2.75, 3.05) is 41.4 Å². The molecule has 21 heteroatoms. The number of carbonyl (C=O) groups excluding carboxylic acids is 3. The molecule has 4 aliphatic heterocycles. The maximum Gasteiger partial charge on any atom is 0.349 e. The molecule has 0 bridgehead atoms. The van der Waals surface area contributed by atoms with Crippen LogP contribution in [0.2, 0.25) is 5.02 Å². The summed E-state index contributed by atoms with van der Waals surface area (Å²) in [6.45, 7) is 4.73. The monoisotopic (exact) mass is 994 g/mol. The lowest BCUT2D eigenvalue weighted by atomic mass is 9.85. The highest BCUT2D eigenvalue weighted by Crippen LogP contribution is 2.47. The Balaban J connectivity index is 0.778. The van der Waals surface area contributed by atoms with Gasteiger partial charge >= 0.3 is 11.9 Å². The summed E-state index contributed by atoms with van der Waals surface area (Å²) in [6, 6.07) is 17.9. The number of H-pyrrole nitrogens is 1. The van der Waals surface area contributed by atoms with Gasteiger partial charge in [0.2, 0.25) is 27.8 Å². The first-order valence-electron chi connectivity index (χ1n) is 22.6. The fourth-order valence-electron chi connectivity index (χ4n) is 10.5. The van der Waals surface area contributed by atoms with Gasteiger partial charge in [-0.25, -0.2) is 23.0 Å². The second kappa shape index (κ2) is 17.7. The number of thiophene rings is 1.